The maximum Gasteiger partial charge on any atom is 1.00 e. The summed E-state index contributed by atoms with van der Waals surface area (Å²) in [7, 11) is -3.35. The molecular formula is C19H29LiNO5P. The fraction of sp³-hybridized carbons (Fsp3) is 0.632. The Hall–Kier alpha value is -0.603. The van der Waals surface area contributed by atoms with E-state index in [1.807, 2.05) is 6.92 Å². The van der Waals surface area contributed by atoms with Crippen molar-refractivity contribution in [1.29, 1.82) is 0 Å². The molecule has 1 saturated carbocycles. The van der Waals surface area contributed by atoms with E-state index in [0.717, 1.165) is 31.2 Å². The van der Waals surface area contributed by atoms with Crippen LogP contribution in [0.25, 0.3) is 0 Å². The number of nitrogens with one attached hydrogen (secondary N) is 1. The first-order valence-electron chi connectivity index (χ1n) is 9.30. The number of hydrogen-bond acceptors (Lipinski definition) is 5. The summed E-state index contributed by atoms with van der Waals surface area (Å²) in [6.45, 7) is 2.02. The topological polar surface area (TPSA) is 110 Å². The first kappa shape index (κ1) is 24.4. The number of aromatic carboxylic acids is 1. The van der Waals surface area contributed by atoms with Gasteiger partial charge in [0.25, 0.3) is 0 Å². The maximum absolute atomic E-state index is 12.4. The minimum Gasteiger partial charge on any atom is -0.545 e. The molecule has 1 aliphatic carbocycles. The monoisotopic (exact) mass is 389 g/mol. The predicted molar refractivity (Wildman–Crippen MR) is 99.3 cm³/mol. The summed E-state index contributed by atoms with van der Waals surface area (Å²) >= 11 is 0. The van der Waals surface area contributed by atoms with Crippen molar-refractivity contribution in [1.82, 2.24) is 5.32 Å². The molecule has 27 heavy (non-hydrogen) atoms. The predicted octanol–water partition coefficient (Wildman–Crippen LogP) is -1.08. The first-order chi connectivity index (χ1) is 12.3. The number of hydrogen-bond donors (Lipinski definition) is 3. The van der Waals surface area contributed by atoms with Crippen LogP contribution in [-0.4, -0.2) is 40.9 Å². The minimum absolute atomic E-state index is 0. The molecule has 1 aromatic carbocycles. The number of carbonyl (C=O) groups excluding carboxylic acids is 1. The smallest absolute Gasteiger partial charge is 0.545 e. The molecule has 0 amide bonds. The maximum atomic E-state index is 12.4. The molecule has 0 bridgehead atoms. The molecular weight excluding hydrogens is 360 g/mol. The summed E-state index contributed by atoms with van der Waals surface area (Å²) in [6.07, 6.45) is 4.73. The van der Waals surface area contributed by atoms with Gasteiger partial charge in [0.2, 0.25) is 7.37 Å². The second kappa shape index (κ2) is 11.4. The van der Waals surface area contributed by atoms with Gasteiger partial charge < -0.3 is 25.2 Å². The number of rotatable bonds is 9. The molecule has 0 spiro atoms. The van der Waals surface area contributed by atoms with Crippen LogP contribution in [0.2, 0.25) is 0 Å². The van der Waals surface area contributed by atoms with E-state index in [-0.39, 0.29) is 43.2 Å². The van der Waals surface area contributed by atoms with Crippen LogP contribution in [-0.2, 0) is 4.57 Å². The van der Waals surface area contributed by atoms with Crippen molar-refractivity contribution in [3.63, 3.8) is 0 Å². The molecule has 1 aromatic rings. The van der Waals surface area contributed by atoms with Gasteiger partial charge in [-0.15, -0.1) is 0 Å². The largest absolute Gasteiger partial charge is 1.00 e. The van der Waals surface area contributed by atoms with E-state index in [1.54, 1.807) is 12.1 Å². The van der Waals surface area contributed by atoms with E-state index >= 15 is 0 Å². The summed E-state index contributed by atoms with van der Waals surface area (Å²) in [4.78, 5) is 21.1. The van der Waals surface area contributed by atoms with E-state index in [2.05, 4.69) is 5.32 Å². The molecule has 3 N–H and O–H groups in total. The molecule has 0 aromatic heterocycles. The van der Waals surface area contributed by atoms with E-state index < -0.39 is 19.4 Å². The Morgan fingerprint density at radius 3 is 2.63 bits per heavy atom. The standard InChI is InChI=1S/C19H30NO5P.Li/c1-14(16-8-5-9-17(10-16)19(22)23)20-11-18(21)13-26(24,25)12-15-6-3-2-4-7-15;/h5,8-10,14-15,18,20-21H,2-4,6-7,11-13H2,1H3,(H,22,23)(H,24,25);/q;+1/p-1/t14-,18+;/m1./s1. The van der Waals surface area contributed by atoms with Crippen LogP contribution in [0.5, 0.6) is 0 Å². The Balaban J connectivity index is 0.00000364. The third-order valence-corrected chi connectivity index (χ3v) is 7.13. The van der Waals surface area contributed by atoms with Crippen LogP contribution in [0.15, 0.2) is 24.3 Å². The van der Waals surface area contributed by atoms with Crippen molar-refractivity contribution < 1.29 is 43.3 Å². The third-order valence-electron chi connectivity index (χ3n) is 5.05. The van der Waals surface area contributed by atoms with E-state index in [9.17, 15) is 24.5 Å². The van der Waals surface area contributed by atoms with Gasteiger partial charge in [0.1, 0.15) is 0 Å². The molecule has 1 aliphatic rings. The van der Waals surface area contributed by atoms with Crippen molar-refractivity contribution in [3.8, 4) is 0 Å². The number of aliphatic hydroxyl groups excluding tert-OH is 1. The molecule has 2 rings (SSSR count). The van der Waals surface area contributed by atoms with Crippen LogP contribution < -0.4 is 29.3 Å². The molecule has 6 nitrogen and oxygen atoms in total. The zero-order valence-corrected chi connectivity index (χ0v) is 17.2. The zero-order chi connectivity index (χ0) is 19.2. The van der Waals surface area contributed by atoms with Crippen LogP contribution in [0.3, 0.4) is 0 Å². The van der Waals surface area contributed by atoms with Crippen molar-refractivity contribution >= 4 is 13.3 Å². The molecule has 3 atom stereocenters. The summed E-state index contributed by atoms with van der Waals surface area (Å²) in [5.74, 6) is -0.936. The second-order valence-electron chi connectivity index (χ2n) is 7.41. The Morgan fingerprint density at radius 2 is 2.00 bits per heavy atom. The molecule has 8 heteroatoms. The Bertz CT molecular complexity index is 651. The van der Waals surface area contributed by atoms with Gasteiger partial charge in [-0.05, 0) is 42.9 Å². The van der Waals surface area contributed by atoms with Crippen LogP contribution >= 0.6 is 7.37 Å². The summed E-state index contributed by atoms with van der Waals surface area (Å²) in [5, 5.41) is 24.2. The van der Waals surface area contributed by atoms with Crippen molar-refractivity contribution in [2.45, 2.75) is 51.2 Å². The number of benzene rings is 1. The minimum atomic E-state index is -3.35. The van der Waals surface area contributed by atoms with Gasteiger partial charge in [-0.1, -0.05) is 37.5 Å². The van der Waals surface area contributed by atoms with Crippen LogP contribution in [0.4, 0.5) is 0 Å². The Labute approximate surface area is 173 Å². The second-order valence-corrected chi connectivity index (χ2v) is 9.84. The summed E-state index contributed by atoms with van der Waals surface area (Å²) < 4.78 is 12.4. The number of aliphatic hydroxyl groups is 1. The van der Waals surface area contributed by atoms with Crippen molar-refractivity contribution in [2.24, 2.45) is 5.92 Å². The van der Waals surface area contributed by atoms with Gasteiger partial charge in [0, 0.05) is 18.7 Å². The zero-order valence-electron chi connectivity index (χ0n) is 16.3. The number of carbonyl (C=O) groups is 1. The SMILES string of the molecule is C[C@@H](NC[C@H](O)CP(=O)(O)CC1CCCCC1)c1cccc(C(=O)[O-])c1.[Li+]. The quantitative estimate of drug-likeness (QED) is 0.366. The molecule has 0 saturated heterocycles. The van der Waals surface area contributed by atoms with Crippen LogP contribution in [0.1, 0.15) is 61.0 Å². The van der Waals surface area contributed by atoms with E-state index in [4.69, 9.17) is 0 Å². The molecule has 0 heterocycles. The first-order valence-corrected chi connectivity index (χ1v) is 11.3. The normalized spacial score (nSPS) is 19.5. The van der Waals surface area contributed by atoms with E-state index in [0.29, 0.717) is 12.1 Å². The van der Waals surface area contributed by atoms with Gasteiger partial charge in [-0.25, -0.2) is 0 Å². The number of carboxylic acid groups (broad SMARTS) is 1. The fourth-order valence-electron chi connectivity index (χ4n) is 3.61. The Morgan fingerprint density at radius 1 is 1.33 bits per heavy atom. The van der Waals surface area contributed by atoms with Crippen molar-refractivity contribution in [2.75, 3.05) is 18.9 Å². The average Bonchev–Trinajstić information content (AvgIpc) is 2.59. The molecule has 0 radical (unpaired) electrons. The van der Waals surface area contributed by atoms with Gasteiger partial charge in [-0.2, -0.15) is 0 Å². The fourth-order valence-corrected chi connectivity index (χ4v) is 5.72. The summed E-state index contributed by atoms with van der Waals surface area (Å²) in [6, 6.07) is 6.23. The molecule has 0 aliphatic heterocycles. The molecule has 1 unspecified atom stereocenters. The van der Waals surface area contributed by atoms with Crippen molar-refractivity contribution in [3.05, 3.63) is 35.4 Å². The average molecular weight is 389 g/mol. The summed E-state index contributed by atoms with van der Waals surface area (Å²) in [5.41, 5.74) is 0.859. The number of carboxylic acids is 1. The van der Waals surface area contributed by atoms with E-state index in [1.165, 1.54) is 18.6 Å². The Kier molecular flexibility index (Phi) is 10.3. The van der Waals surface area contributed by atoms with Gasteiger partial charge in [0.15, 0.2) is 0 Å². The molecule has 146 valence electrons. The van der Waals surface area contributed by atoms with Gasteiger partial charge in [0.05, 0.1) is 18.2 Å². The third kappa shape index (κ3) is 8.52. The van der Waals surface area contributed by atoms with Crippen LogP contribution in [0, 0.1) is 5.92 Å². The van der Waals surface area contributed by atoms with Gasteiger partial charge >= 0.3 is 18.9 Å². The van der Waals surface area contributed by atoms with Gasteiger partial charge in [-0.3, -0.25) is 4.57 Å². The molecule has 1 fully saturated rings.